The van der Waals surface area contributed by atoms with Gasteiger partial charge in [-0.15, -0.1) is 0 Å². The quantitative estimate of drug-likeness (QED) is 0.749. The maximum absolute atomic E-state index is 12.5. The van der Waals surface area contributed by atoms with Gasteiger partial charge in [0.05, 0.1) is 11.6 Å². The van der Waals surface area contributed by atoms with Crippen molar-refractivity contribution < 1.29 is 4.79 Å². The molecule has 0 saturated carbocycles. The molecule has 26 heavy (non-hydrogen) atoms. The number of likely N-dealkylation sites (tertiary alicyclic amines) is 1. The van der Waals surface area contributed by atoms with Crippen LogP contribution in [0.25, 0.3) is 0 Å². The van der Waals surface area contributed by atoms with Gasteiger partial charge in [-0.05, 0) is 37.1 Å². The van der Waals surface area contributed by atoms with Crippen LogP contribution in [0.4, 0.5) is 5.82 Å². The monoisotopic (exact) mass is 349 g/mol. The van der Waals surface area contributed by atoms with Crippen molar-refractivity contribution in [2.24, 2.45) is 0 Å². The third-order valence-corrected chi connectivity index (χ3v) is 4.54. The van der Waals surface area contributed by atoms with E-state index in [4.69, 9.17) is 5.26 Å². The van der Waals surface area contributed by atoms with Crippen LogP contribution >= 0.6 is 0 Å². The second-order valence-corrected chi connectivity index (χ2v) is 6.34. The van der Waals surface area contributed by atoms with Crippen molar-refractivity contribution in [3.63, 3.8) is 0 Å². The molecule has 1 aliphatic rings. The van der Waals surface area contributed by atoms with Crippen LogP contribution in [0.5, 0.6) is 0 Å². The highest BCUT2D eigenvalue weighted by Gasteiger charge is 2.30. The average molecular weight is 349 g/mol. The van der Waals surface area contributed by atoms with Crippen molar-refractivity contribution in [1.82, 2.24) is 15.2 Å². The number of benzene rings is 1. The van der Waals surface area contributed by atoms with E-state index in [1.54, 1.807) is 18.3 Å². The third-order valence-electron chi connectivity index (χ3n) is 4.54. The first-order chi connectivity index (χ1) is 12.8. The molecule has 1 fully saturated rings. The van der Waals surface area contributed by atoms with E-state index < -0.39 is 0 Å². The number of nitriles is 1. The molecule has 6 heteroatoms. The lowest BCUT2D eigenvalue weighted by atomic mass is 10.1. The zero-order valence-electron chi connectivity index (χ0n) is 14.7. The van der Waals surface area contributed by atoms with Crippen LogP contribution in [0.15, 0.2) is 48.7 Å². The Morgan fingerprint density at radius 2 is 2.08 bits per heavy atom. The summed E-state index contributed by atoms with van der Waals surface area (Å²) >= 11 is 0. The van der Waals surface area contributed by atoms with Crippen molar-refractivity contribution in [2.45, 2.75) is 25.4 Å². The number of carbonyl (C=O) groups excluding carboxylic acids is 1. The standard InChI is InChI=1S/C20H23N5O/c21-14-17-8-4-10-22-19(17)23-11-12-24-20(26)18-9-5-13-25(18)15-16-6-2-1-3-7-16/h1-4,6-8,10,18H,5,9,11-13,15H2,(H,22,23)(H,24,26). The normalized spacial score (nSPS) is 16.8. The highest BCUT2D eigenvalue weighted by molar-refractivity contribution is 5.82. The summed E-state index contributed by atoms with van der Waals surface area (Å²) in [5, 5.41) is 15.1. The predicted octanol–water partition coefficient (Wildman–Crippen LogP) is 2.15. The molecule has 2 heterocycles. The Hall–Kier alpha value is -2.91. The summed E-state index contributed by atoms with van der Waals surface area (Å²) in [6, 6.07) is 15.7. The van der Waals surface area contributed by atoms with Crippen LogP contribution in [0.1, 0.15) is 24.0 Å². The molecule has 1 aromatic carbocycles. The van der Waals surface area contributed by atoms with E-state index in [-0.39, 0.29) is 11.9 Å². The van der Waals surface area contributed by atoms with E-state index in [9.17, 15) is 4.79 Å². The van der Waals surface area contributed by atoms with Gasteiger partial charge in [-0.25, -0.2) is 4.98 Å². The van der Waals surface area contributed by atoms with Crippen molar-refractivity contribution >= 4 is 11.7 Å². The van der Waals surface area contributed by atoms with Crippen molar-refractivity contribution in [1.29, 1.82) is 5.26 Å². The first kappa shape index (κ1) is 17.9. The highest BCUT2D eigenvalue weighted by Crippen LogP contribution is 2.20. The van der Waals surface area contributed by atoms with Gasteiger partial charge in [0.15, 0.2) is 0 Å². The van der Waals surface area contributed by atoms with E-state index in [1.807, 2.05) is 18.2 Å². The molecule has 1 saturated heterocycles. The topological polar surface area (TPSA) is 81.0 Å². The zero-order chi connectivity index (χ0) is 18.2. The Balaban J connectivity index is 1.46. The van der Waals surface area contributed by atoms with Gasteiger partial charge in [0.1, 0.15) is 11.9 Å². The van der Waals surface area contributed by atoms with Gasteiger partial charge in [-0.3, -0.25) is 9.69 Å². The van der Waals surface area contributed by atoms with Gasteiger partial charge >= 0.3 is 0 Å². The molecule has 6 nitrogen and oxygen atoms in total. The summed E-state index contributed by atoms with van der Waals surface area (Å²) in [6.45, 7) is 2.78. The van der Waals surface area contributed by atoms with Gasteiger partial charge in [0, 0.05) is 25.8 Å². The van der Waals surface area contributed by atoms with E-state index in [0.29, 0.717) is 24.5 Å². The third kappa shape index (κ3) is 4.58. The molecular weight excluding hydrogens is 326 g/mol. The summed E-state index contributed by atoms with van der Waals surface area (Å²) in [4.78, 5) is 18.9. The number of nitrogens with zero attached hydrogens (tertiary/aromatic N) is 3. The maximum atomic E-state index is 12.5. The molecule has 0 bridgehead atoms. The summed E-state index contributed by atoms with van der Waals surface area (Å²) < 4.78 is 0. The lowest BCUT2D eigenvalue weighted by Gasteiger charge is -2.23. The lowest BCUT2D eigenvalue weighted by molar-refractivity contribution is -0.125. The fourth-order valence-electron chi connectivity index (χ4n) is 3.25. The summed E-state index contributed by atoms with van der Waals surface area (Å²) in [6.07, 6.45) is 3.58. The minimum Gasteiger partial charge on any atom is -0.367 e. The number of rotatable bonds is 7. The molecule has 3 rings (SSSR count). The number of pyridine rings is 1. The van der Waals surface area contributed by atoms with Gasteiger partial charge in [-0.1, -0.05) is 30.3 Å². The highest BCUT2D eigenvalue weighted by atomic mass is 16.2. The number of carbonyl (C=O) groups is 1. The number of hydrogen-bond acceptors (Lipinski definition) is 5. The summed E-state index contributed by atoms with van der Waals surface area (Å²) in [7, 11) is 0. The maximum Gasteiger partial charge on any atom is 0.237 e. The molecule has 2 aromatic rings. The minimum absolute atomic E-state index is 0.0697. The van der Waals surface area contributed by atoms with Crippen LogP contribution in [-0.4, -0.2) is 41.5 Å². The predicted molar refractivity (Wildman–Crippen MR) is 100 cm³/mol. The second kappa shape index (κ2) is 8.97. The Labute approximate surface area is 153 Å². The van der Waals surface area contributed by atoms with E-state index in [0.717, 1.165) is 25.9 Å². The smallest absolute Gasteiger partial charge is 0.237 e. The Kier molecular flexibility index (Phi) is 6.18. The lowest BCUT2D eigenvalue weighted by Crippen LogP contribution is -2.44. The van der Waals surface area contributed by atoms with E-state index in [1.165, 1.54) is 5.56 Å². The van der Waals surface area contributed by atoms with Gasteiger partial charge in [0.2, 0.25) is 5.91 Å². The number of nitrogens with one attached hydrogen (secondary N) is 2. The molecule has 0 spiro atoms. The van der Waals surface area contributed by atoms with Crippen molar-refractivity contribution in [3.05, 3.63) is 59.8 Å². The first-order valence-electron chi connectivity index (χ1n) is 8.92. The fourth-order valence-corrected chi connectivity index (χ4v) is 3.25. The number of hydrogen-bond donors (Lipinski definition) is 2. The Morgan fingerprint density at radius 3 is 2.88 bits per heavy atom. The molecule has 0 radical (unpaired) electrons. The molecule has 134 valence electrons. The Morgan fingerprint density at radius 1 is 1.23 bits per heavy atom. The SMILES string of the molecule is N#Cc1cccnc1NCCNC(=O)C1CCCN1Cc1ccccc1. The molecule has 1 aliphatic heterocycles. The number of amides is 1. The second-order valence-electron chi connectivity index (χ2n) is 6.34. The fraction of sp³-hybridized carbons (Fsp3) is 0.350. The summed E-state index contributed by atoms with van der Waals surface area (Å²) in [5.41, 5.74) is 1.73. The molecular formula is C20H23N5O. The molecule has 1 amide bonds. The van der Waals surface area contributed by atoms with Crippen LogP contribution < -0.4 is 10.6 Å². The van der Waals surface area contributed by atoms with Crippen LogP contribution in [0.3, 0.4) is 0 Å². The van der Waals surface area contributed by atoms with Crippen LogP contribution in [0, 0.1) is 11.3 Å². The molecule has 2 N–H and O–H groups in total. The summed E-state index contributed by atoms with van der Waals surface area (Å²) in [5.74, 6) is 0.623. The molecule has 0 aliphatic carbocycles. The van der Waals surface area contributed by atoms with Crippen molar-refractivity contribution in [2.75, 3.05) is 25.0 Å². The number of anilines is 1. The first-order valence-corrected chi connectivity index (χ1v) is 8.92. The zero-order valence-corrected chi connectivity index (χ0v) is 14.7. The van der Waals surface area contributed by atoms with Crippen LogP contribution in [-0.2, 0) is 11.3 Å². The average Bonchev–Trinajstić information content (AvgIpc) is 3.14. The van der Waals surface area contributed by atoms with Gasteiger partial charge < -0.3 is 10.6 Å². The van der Waals surface area contributed by atoms with Crippen molar-refractivity contribution in [3.8, 4) is 6.07 Å². The molecule has 1 atom stereocenters. The van der Waals surface area contributed by atoms with Crippen LogP contribution in [0.2, 0.25) is 0 Å². The molecule has 1 unspecified atom stereocenters. The van der Waals surface area contributed by atoms with E-state index in [2.05, 4.69) is 38.7 Å². The molecule has 1 aromatic heterocycles. The number of aromatic nitrogens is 1. The largest absolute Gasteiger partial charge is 0.367 e. The van der Waals surface area contributed by atoms with Gasteiger partial charge in [-0.2, -0.15) is 5.26 Å². The van der Waals surface area contributed by atoms with Gasteiger partial charge in [0.25, 0.3) is 0 Å². The van der Waals surface area contributed by atoms with E-state index >= 15 is 0 Å². The minimum atomic E-state index is -0.0697. The Bertz CT molecular complexity index is 771.